The smallest absolute Gasteiger partial charge is 0.220 e. The van der Waals surface area contributed by atoms with Gasteiger partial charge in [0.05, 0.1) is 18.8 Å². The second-order valence-electron chi connectivity index (χ2n) is 10.5. The molecular formula is C31H61NO3. The van der Waals surface area contributed by atoms with Gasteiger partial charge in [0, 0.05) is 6.42 Å². The Hall–Kier alpha value is -0.870. The average molecular weight is 496 g/mol. The Kier molecular flexibility index (Phi) is 27.0. The lowest BCUT2D eigenvalue weighted by molar-refractivity contribution is -0.123. The van der Waals surface area contributed by atoms with Gasteiger partial charge in [0.15, 0.2) is 0 Å². The minimum absolute atomic E-state index is 0.0454. The molecule has 0 radical (unpaired) electrons. The number of aliphatic hydroxyl groups excluding tert-OH is 2. The van der Waals surface area contributed by atoms with E-state index in [1.807, 2.05) is 0 Å². The molecule has 3 N–H and O–H groups in total. The van der Waals surface area contributed by atoms with Gasteiger partial charge in [-0.25, -0.2) is 0 Å². The monoisotopic (exact) mass is 495 g/mol. The Bertz CT molecular complexity index is 466. The van der Waals surface area contributed by atoms with Crippen molar-refractivity contribution in [3.63, 3.8) is 0 Å². The standard InChI is InChI=1S/C31H61NO3/c1-3-5-7-9-11-12-13-14-15-16-17-18-19-21-23-25-27-31(35)32-29(28-33)30(34)26-24-22-20-10-8-6-4-2/h15-16,29-30,33-34H,3-14,17-28H2,1-2H3,(H,32,35)/b16-15-. The van der Waals surface area contributed by atoms with Crippen molar-refractivity contribution in [3.8, 4) is 0 Å². The molecule has 0 aliphatic rings. The van der Waals surface area contributed by atoms with Gasteiger partial charge in [-0.3, -0.25) is 4.79 Å². The minimum Gasteiger partial charge on any atom is -0.394 e. The number of unbranched alkanes of at least 4 members (excludes halogenated alkanes) is 18. The summed E-state index contributed by atoms with van der Waals surface area (Å²) in [5, 5.41) is 22.7. The molecule has 0 saturated carbocycles. The number of carbonyl (C=O) groups is 1. The maximum Gasteiger partial charge on any atom is 0.220 e. The van der Waals surface area contributed by atoms with E-state index in [0.29, 0.717) is 12.8 Å². The average Bonchev–Trinajstić information content (AvgIpc) is 2.86. The van der Waals surface area contributed by atoms with E-state index in [1.165, 1.54) is 109 Å². The Labute approximate surface area is 218 Å². The fourth-order valence-corrected chi connectivity index (χ4v) is 4.59. The van der Waals surface area contributed by atoms with E-state index < -0.39 is 12.1 Å². The molecule has 208 valence electrons. The summed E-state index contributed by atoms with van der Waals surface area (Å²) < 4.78 is 0. The number of nitrogens with one attached hydrogen (secondary N) is 1. The highest BCUT2D eigenvalue weighted by Crippen LogP contribution is 2.13. The molecule has 4 heteroatoms. The number of carbonyl (C=O) groups excluding carboxylic acids is 1. The first-order valence-corrected chi connectivity index (χ1v) is 15.4. The van der Waals surface area contributed by atoms with E-state index in [9.17, 15) is 15.0 Å². The SMILES string of the molecule is CCCCCCCCC/C=C\CCCCCCCC(=O)NC(CO)C(O)CCCCCCCCC. The normalized spacial score (nSPS) is 13.4. The Morgan fingerprint density at radius 1 is 0.657 bits per heavy atom. The quantitative estimate of drug-likeness (QED) is 0.0791. The highest BCUT2D eigenvalue weighted by Gasteiger charge is 2.19. The Morgan fingerprint density at radius 3 is 1.57 bits per heavy atom. The van der Waals surface area contributed by atoms with E-state index in [1.54, 1.807) is 0 Å². The van der Waals surface area contributed by atoms with Crippen molar-refractivity contribution in [2.45, 2.75) is 174 Å². The first-order valence-electron chi connectivity index (χ1n) is 15.4. The van der Waals surface area contributed by atoms with E-state index in [0.717, 1.165) is 25.7 Å². The highest BCUT2D eigenvalue weighted by molar-refractivity contribution is 5.76. The fraction of sp³-hybridized carbons (Fsp3) is 0.903. The lowest BCUT2D eigenvalue weighted by atomic mass is 10.0. The summed E-state index contributed by atoms with van der Waals surface area (Å²) in [4.78, 5) is 12.2. The molecular weight excluding hydrogens is 434 g/mol. The molecule has 0 aromatic heterocycles. The molecule has 2 unspecified atom stereocenters. The van der Waals surface area contributed by atoms with Crippen molar-refractivity contribution in [1.29, 1.82) is 0 Å². The van der Waals surface area contributed by atoms with Crippen molar-refractivity contribution >= 4 is 5.91 Å². The highest BCUT2D eigenvalue weighted by atomic mass is 16.3. The zero-order valence-corrected chi connectivity index (χ0v) is 23.6. The molecule has 0 spiro atoms. The van der Waals surface area contributed by atoms with E-state index in [4.69, 9.17) is 0 Å². The van der Waals surface area contributed by atoms with Gasteiger partial charge in [0.25, 0.3) is 0 Å². The van der Waals surface area contributed by atoms with Crippen LogP contribution < -0.4 is 5.32 Å². The fourth-order valence-electron chi connectivity index (χ4n) is 4.59. The van der Waals surface area contributed by atoms with Gasteiger partial charge >= 0.3 is 0 Å². The first-order chi connectivity index (χ1) is 17.2. The number of rotatable bonds is 27. The molecule has 0 aromatic carbocycles. The van der Waals surface area contributed by atoms with Crippen LogP contribution in [0.2, 0.25) is 0 Å². The van der Waals surface area contributed by atoms with Gasteiger partial charge < -0.3 is 15.5 Å². The molecule has 0 aliphatic carbocycles. The van der Waals surface area contributed by atoms with Gasteiger partial charge in [-0.1, -0.05) is 129 Å². The molecule has 0 aliphatic heterocycles. The molecule has 0 saturated heterocycles. The van der Waals surface area contributed by atoms with Crippen LogP contribution in [0, 0.1) is 0 Å². The number of hydrogen-bond donors (Lipinski definition) is 3. The zero-order chi connectivity index (χ0) is 25.8. The number of aliphatic hydroxyl groups is 2. The van der Waals surface area contributed by atoms with Gasteiger partial charge in [0.1, 0.15) is 0 Å². The second-order valence-corrected chi connectivity index (χ2v) is 10.5. The van der Waals surface area contributed by atoms with Gasteiger partial charge in [-0.2, -0.15) is 0 Å². The first kappa shape index (κ1) is 34.1. The van der Waals surface area contributed by atoms with Crippen LogP contribution >= 0.6 is 0 Å². The van der Waals surface area contributed by atoms with Crippen LogP contribution in [0.15, 0.2) is 12.2 Å². The van der Waals surface area contributed by atoms with Crippen LogP contribution in [0.25, 0.3) is 0 Å². The molecule has 0 bridgehead atoms. The zero-order valence-electron chi connectivity index (χ0n) is 23.6. The summed E-state index contributed by atoms with van der Waals surface area (Å²) in [6.07, 6.45) is 31.2. The third kappa shape index (κ3) is 24.6. The lowest BCUT2D eigenvalue weighted by Gasteiger charge is -2.22. The van der Waals surface area contributed by atoms with E-state index in [-0.39, 0.29) is 12.5 Å². The number of amides is 1. The Morgan fingerprint density at radius 2 is 1.09 bits per heavy atom. The minimum atomic E-state index is -0.654. The van der Waals surface area contributed by atoms with Crippen LogP contribution in [0.5, 0.6) is 0 Å². The van der Waals surface area contributed by atoms with Crippen LogP contribution in [0.4, 0.5) is 0 Å². The summed E-state index contributed by atoms with van der Waals surface area (Å²) in [6.45, 7) is 4.29. The van der Waals surface area contributed by atoms with Crippen LogP contribution in [-0.4, -0.2) is 34.9 Å². The van der Waals surface area contributed by atoms with Gasteiger partial charge in [-0.05, 0) is 38.5 Å². The number of hydrogen-bond acceptors (Lipinski definition) is 3. The lowest BCUT2D eigenvalue weighted by Crippen LogP contribution is -2.45. The summed E-state index contributed by atoms with van der Waals surface area (Å²) in [5.74, 6) is -0.0454. The van der Waals surface area contributed by atoms with Crippen LogP contribution in [0.3, 0.4) is 0 Å². The molecule has 0 rings (SSSR count). The predicted octanol–water partition coefficient (Wildman–Crippen LogP) is 8.39. The molecule has 2 atom stereocenters. The third-order valence-corrected chi connectivity index (χ3v) is 7.03. The summed E-state index contributed by atoms with van der Waals surface area (Å²) >= 11 is 0. The molecule has 0 fully saturated rings. The maximum atomic E-state index is 12.2. The van der Waals surface area contributed by atoms with Crippen molar-refractivity contribution < 1.29 is 15.0 Å². The van der Waals surface area contributed by atoms with Crippen LogP contribution in [0.1, 0.15) is 162 Å². The van der Waals surface area contributed by atoms with E-state index >= 15 is 0 Å². The second kappa shape index (κ2) is 27.7. The molecule has 4 nitrogen and oxygen atoms in total. The van der Waals surface area contributed by atoms with Gasteiger partial charge in [0.2, 0.25) is 5.91 Å². The van der Waals surface area contributed by atoms with Crippen LogP contribution in [-0.2, 0) is 4.79 Å². The third-order valence-electron chi connectivity index (χ3n) is 7.03. The summed E-state index contributed by atoms with van der Waals surface area (Å²) in [7, 11) is 0. The molecule has 1 amide bonds. The van der Waals surface area contributed by atoms with Crippen molar-refractivity contribution in [3.05, 3.63) is 12.2 Å². The molecule has 0 heterocycles. The van der Waals surface area contributed by atoms with Crippen molar-refractivity contribution in [1.82, 2.24) is 5.32 Å². The topological polar surface area (TPSA) is 69.6 Å². The van der Waals surface area contributed by atoms with Gasteiger partial charge in [-0.15, -0.1) is 0 Å². The van der Waals surface area contributed by atoms with Crippen molar-refractivity contribution in [2.24, 2.45) is 0 Å². The number of allylic oxidation sites excluding steroid dienone is 2. The predicted molar refractivity (Wildman–Crippen MR) is 152 cm³/mol. The maximum absolute atomic E-state index is 12.2. The van der Waals surface area contributed by atoms with E-state index in [2.05, 4.69) is 31.3 Å². The summed E-state index contributed by atoms with van der Waals surface area (Å²) in [5.41, 5.74) is 0. The van der Waals surface area contributed by atoms with Crippen molar-refractivity contribution in [2.75, 3.05) is 6.61 Å². The largest absolute Gasteiger partial charge is 0.394 e. The molecule has 0 aromatic rings. The molecule has 35 heavy (non-hydrogen) atoms. The summed E-state index contributed by atoms with van der Waals surface area (Å²) in [6, 6.07) is -0.532. The Balaban J connectivity index is 3.58.